The molecule has 5 nitrogen and oxygen atoms in total. The van der Waals surface area contributed by atoms with E-state index in [0.717, 1.165) is 19.4 Å². The summed E-state index contributed by atoms with van der Waals surface area (Å²) in [6, 6.07) is 0. The number of β-amino-alcohol motifs (C(OH)–C–C–N with tert-alkyl or cyclic N) is 1. The van der Waals surface area contributed by atoms with Crippen molar-refractivity contribution in [3.63, 3.8) is 0 Å². The Balaban J connectivity index is 2.27. The molecule has 1 rings (SSSR count). The number of hydrogen-bond donors (Lipinski definition) is 3. The highest BCUT2D eigenvalue weighted by molar-refractivity contribution is 5.77. The van der Waals surface area contributed by atoms with Crippen LogP contribution in [0.3, 0.4) is 0 Å². The molecule has 0 spiro atoms. The smallest absolute Gasteiger partial charge is 0.211 e. The third-order valence-corrected chi connectivity index (χ3v) is 1.92. The van der Waals surface area contributed by atoms with Crippen molar-refractivity contribution in [2.45, 2.75) is 25.9 Å². The predicted octanol–water partition coefficient (Wildman–Crippen LogP) is -0.0268. The molecule has 1 fully saturated rings. The molecule has 0 aromatic heterocycles. The van der Waals surface area contributed by atoms with Crippen molar-refractivity contribution in [2.75, 3.05) is 13.1 Å². The molecule has 0 aromatic carbocycles. The molecule has 1 unspecified atom stereocenters. The quantitative estimate of drug-likeness (QED) is 0.321. The summed E-state index contributed by atoms with van der Waals surface area (Å²) in [6.07, 6.45) is 3.00. The number of nitrogens with zero attached hydrogens (tertiary/aromatic N) is 2. The summed E-state index contributed by atoms with van der Waals surface area (Å²) < 4.78 is 0. The van der Waals surface area contributed by atoms with Crippen molar-refractivity contribution >= 4 is 12.2 Å². The normalized spacial score (nSPS) is 22.6. The maximum Gasteiger partial charge on any atom is 0.211 e. The number of aliphatic hydroxyl groups excluding tert-OH is 1. The summed E-state index contributed by atoms with van der Waals surface area (Å²) in [5.41, 5.74) is 2.61. The van der Waals surface area contributed by atoms with Gasteiger partial charge in [0, 0.05) is 19.3 Å². The fourth-order valence-corrected chi connectivity index (χ4v) is 1.21. The zero-order chi connectivity index (χ0) is 9.68. The van der Waals surface area contributed by atoms with Gasteiger partial charge in [0.1, 0.15) is 0 Å². The van der Waals surface area contributed by atoms with Gasteiger partial charge >= 0.3 is 0 Å². The molecule has 5 heteroatoms. The first-order chi connectivity index (χ1) is 6.24. The second-order valence-electron chi connectivity index (χ2n) is 3.07. The van der Waals surface area contributed by atoms with Crippen LogP contribution in [0.1, 0.15) is 19.8 Å². The van der Waals surface area contributed by atoms with Crippen LogP contribution in [0, 0.1) is 5.41 Å². The maximum atomic E-state index is 9.22. The molecule has 0 radical (unpaired) electrons. The molecular weight excluding hydrogens is 168 g/mol. The molecule has 1 heterocycles. The molecule has 1 atom stereocenters. The van der Waals surface area contributed by atoms with Gasteiger partial charge < -0.3 is 10.0 Å². The molecule has 0 bridgehead atoms. The average molecular weight is 184 g/mol. The molecule has 1 aliphatic heterocycles. The Bertz CT molecular complexity index is 204. The lowest BCUT2D eigenvalue weighted by Gasteiger charge is -2.16. The predicted molar refractivity (Wildman–Crippen MR) is 51.8 cm³/mol. The van der Waals surface area contributed by atoms with Crippen LogP contribution in [0.15, 0.2) is 5.10 Å². The Hall–Kier alpha value is -1.10. The second-order valence-corrected chi connectivity index (χ2v) is 3.07. The van der Waals surface area contributed by atoms with E-state index in [1.54, 1.807) is 11.1 Å². The van der Waals surface area contributed by atoms with Crippen LogP contribution in [0.25, 0.3) is 0 Å². The highest BCUT2D eigenvalue weighted by Crippen LogP contribution is 2.07. The number of nitrogens with one attached hydrogen (secondary N) is 2. The minimum Gasteiger partial charge on any atom is -0.391 e. The molecule has 13 heavy (non-hydrogen) atoms. The first-order valence-corrected chi connectivity index (χ1v) is 4.53. The van der Waals surface area contributed by atoms with E-state index >= 15 is 0 Å². The summed E-state index contributed by atoms with van der Waals surface area (Å²) in [5.74, 6) is 0.265. The number of likely N-dealkylation sites (tertiary alicyclic amines) is 1. The van der Waals surface area contributed by atoms with Gasteiger partial charge in [0.25, 0.3) is 0 Å². The molecule has 0 aromatic rings. The first kappa shape index (κ1) is 9.98. The summed E-state index contributed by atoms with van der Waals surface area (Å²) in [5, 5.41) is 20.6. The van der Waals surface area contributed by atoms with E-state index in [1.165, 1.54) is 0 Å². The van der Waals surface area contributed by atoms with E-state index < -0.39 is 0 Å². The van der Waals surface area contributed by atoms with E-state index in [9.17, 15) is 5.11 Å². The summed E-state index contributed by atoms with van der Waals surface area (Å²) in [6.45, 7) is 3.25. The van der Waals surface area contributed by atoms with E-state index in [1.807, 2.05) is 6.92 Å². The first-order valence-electron chi connectivity index (χ1n) is 4.53. The lowest BCUT2D eigenvalue weighted by molar-refractivity contribution is 0.187. The van der Waals surface area contributed by atoms with E-state index in [2.05, 4.69) is 10.5 Å². The summed E-state index contributed by atoms with van der Waals surface area (Å²) in [7, 11) is 0. The third kappa shape index (κ3) is 3.02. The van der Waals surface area contributed by atoms with Gasteiger partial charge in [-0.05, 0) is 12.8 Å². The molecule has 1 aliphatic rings. The van der Waals surface area contributed by atoms with E-state index in [4.69, 9.17) is 5.41 Å². The standard InChI is InChI=1S/C8H16N4O/c1-2-4-10-11-8(9)12-5-3-7(13)6-12/h4,7,13H,2-3,5-6H2,1H3,(H2,9,11)/b10-4+. The Morgan fingerprint density at radius 3 is 3.15 bits per heavy atom. The highest BCUT2D eigenvalue weighted by Gasteiger charge is 2.21. The summed E-state index contributed by atoms with van der Waals surface area (Å²) >= 11 is 0. The molecular formula is C8H16N4O. The van der Waals surface area contributed by atoms with E-state index in [-0.39, 0.29) is 12.1 Å². The van der Waals surface area contributed by atoms with Crippen LogP contribution in [0.5, 0.6) is 0 Å². The minimum absolute atomic E-state index is 0.265. The minimum atomic E-state index is -0.294. The van der Waals surface area contributed by atoms with Gasteiger partial charge in [-0.15, -0.1) is 0 Å². The monoisotopic (exact) mass is 184 g/mol. The number of hydrazone groups is 1. The van der Waals surface area contributed by atoms with Crippen molar-refractivity contribution in [3.05, 3.63) is 0 Å². The van der Waals surface area contributed by atoms with Gasteiger partial charge in [0.2, 0.25) is 5.96 Å². The van der Waals surface area contributed by atoms with Crippen LogP contribution >= 0.6 is 0 Å². The number of hydrogen-bond acceptors (Lipinski definition) is 3. The van der Waals surface area contributed by atoms with Crippen LogP contribution in [-0.2, 0) is 0 Å². The Morgan fingerprint density at radius 1 is 1.85 bits per heavy atom. The zero-order valence-electron chi connectivity index (χ0n) is 7.82. The van der Waals surface area contributed by atoms with Crippen molar-refractivity contribution in [3.8, 4) is 0 Å². The number of guanidine groups is 1. The average Bonchev–Trinajstić information content (AvgIpc) is 2.52. The van der Waals surface area contributed by atoms with Crippen molar-refractivity contribution in [1.82, 2.24) is 10.3 Å². The highest BCUT2D eigenvalue weighted by atomic mass is 16.3. The van der Waals surface area contributed by atoms with Gasteiger partial charge in [-0.25, -0.2) is 5.43 Å². The largest absolute Gasteiger partial charge is 0.391 e. The lowest BCUT2D eigenvalue weighted by atomic mass is 10.3. The van der Waals surface area contributed by atoms with Gasteiger partial charge in [-0.3, -0.25) is 5.41 Å². The molecule has 0 aliphatic carbocycles. The molecule has 0 saturated carbocycles. The topological polar surface area (TPSA) is 71.7 Å². The van der Waals surface area contributed by atoms with Gasteiger partial charge in [0.05, 0.1) is 6.10 Å². The third-order valence-electron chi connectivity index (χ3n) is 1.92. The molecule has 74 valence electrons. The van der Waals surface area contributed by atoms with Crippen LogP contribution in [0.4, 0.5) is 0 Å². The number of rotatable bonds is 2. The number of aliphatic hydroxyl groups is 1. The zero-order valence-corrected chi connectivity index (χ0v) is 7.82. The van der Waals surface area contributed by atoms with Crippen LogP contribution < -0.4 is 5.43 Å². The molecule has 3 N–H and O–H groups in total. The van der Waals surface area contributed by atoms with Gasteiger partial charge in [0.15, 0.2) is 0 Å². The maximum absolute atomic E-state index is 9.22. The Kier molecular flexibility index (Phi) is 3.70. The van der Waals surface area contributed by atoms with Gasteiger partial charge in [-0.1, -0.05) is 6.92 Å². The lowest BCUT2D eigenvalue weighted by Crippen LogP contribution is -2.37. The molecule has 1 saturated heterocycles. The van der Waals surface area contributed by atoms with Gasteiger partial charge in [-0.2, -0.15) is 5.10 Å². The van der Waals surface area contributed by atoms with E-state index in [0.29, 0.717) is 6.54 Å². The van der Waals surface area contributed by atoms with Crippen molar-refractivity contribution < 1.29 is 5.11 Å². The summed E-state index contributed by atoms with van der Waals surface area (Å²) in [4.78, 5) is 1.78. The van der Waals surface area contributed by atoms with Crippen LogP contribution in [0.2, 0.25) is 0 Å². The van der Waals surface area contributed by atoms with Crippen molar-refractivity contribution in [2.24, 2.45) is 5.10 Å². The Morgan fingerprint density at radius 2 is 2.62 bits per heavy atom. The fourth-order valence-electron chi connectivity index (χ4n) is 1.21. The Labute approximate surface area is 77.9 Å². The second kappa shape index (κ2) is 4.81. The molecule has 0 amide bonds. The SMILES string of the molecule is CC/C=N/NC(=N)N1CCC(O)C1. The fraction of sp³-hybridized carbons (Fsp3) is 0.750. The van der Waals surface area contributed by atoms with Crippen molar-refractivity contribution in [1.29, 1.82) is 5.41 Å². The van der Waals surface area contributed by atoms with Crippen LogP contribution in [-0.4, -0.2) is 41.4 Å².